The predicted octanol–water partition coefficient (Wildman–Crippen LogP) is 0.757. The zero-order chi connectivity index (χ0) is 11.8. The van der Waals surface area contributed by atoms with Gasteiger partial charge in [0.2, 0.25) is 0 Å². The molecule has 0 heterocycles. The van der Waals surface area contributed by atoms with Gasteiger partial charge < -0.3 is 9.47 Å². The minimum atomic E-state index is -1.08. The Kier molecular flexibility index (Phi) is 4.97. The molecule has 6 heteroatoms. The van der Waals surface area contributed by atoms with E-state index < -0.39 is 18.7 Å². The van der Waals surface area contributed by atoms with Crippen molar-refractivity contribution in [2.45, 2.75) is 6.61 Å². The van der Waals surface area contributed by atoms with Crippen LogP contribution in [0.1, 0.15) is 5.56 Å². The number of carbonyl (C=O) groups is 2. The molecule has 16 heavy (non-hydrogen) atoms. The van der Waals surface area contributed by atoms with E-state index in [2.05, 4.69) is 20.2 Å². The van der Waals surface area contributed by atoms with Crippen molar-refractivity contribution in [3.8, 4) is 0 Å². The Hall–Kier alpha value is -1.92. The quantitative estimate of drug-likeness (QED) is 0.462. The van der Waals surface area contributed by atoms with Crippen molar-refractivity contribution in [1.29, 1.82) is 0 Å². The molecule has 0 fully saturated rings. The summed E-state index contributed by atoms with van der Waals surface area (Å²) in [5.74, 6) is 3.71. The molecule has 0 aromatic heterocycles. The van der Waals surface area contributed by atoms with Crippen LogP contribution in [0.4, 0.5) is 4.79 Å². The summed E-state index contributed by atoms with van der Waals surface area (Å²) in [5.41, 5.74) is 0.793. The fourth-order valence-corrected chi connectivity index (χ4v) is 0.936. The van der Waals surface area contributed by atoms with Crippen LogP contribution in [-0.4, -0.2) is 18.7 Å². The summed E-state index contributed by atoms with van der Waals surface area (Å²) < 4.78 is 8.87. The first-order valence-electron chi connectivity index (χ1n) is 4.45. The Morgan fingerprint density at radius 3 is 2.50 bits per heavy atom. The summed E-state index contributed by atoms with van der Waals surface area (Å²) in [7, 11) is 0. The molecule has 0 radical (unpaired) electrons. The Bertz CT molecular complexity index is 351. The van der Waals surface area contributed by atoms with Crippen molar-refractivity contribution in [3.63, 3.8) is 0 Å². The molecule has 0 aliphatic rings. The number of hydrogen-bond donors (Lipinski definition) is 1. The number of rotatable bonds is 4. The molecule has 2 N–H and O–H groups in total. The van der Waals surface area contributed by atoms with Crippen LogP contribution in [0.15, 0.2) is 30.3 Å². The smallest absolute Gasteiger partial charge is 0.429 e. The lowest BCUT2D eigenvalue weighted by molar-refractivity contribution is -0.145. The van der Waals surface area contributed by atoms with Gasteiger partial charge in [0, 0.05) is 0 Å². The Balaban J connectivity index is 2.28. The van der Waals surface area contributed by atoms with Gasteiger partial charge in [-0.05, 0) is 5.56 Å². The molecule has 0 aliphatic carbocycles. The molecule has 0 saturated carbocycles. The normalized spacial score (nSPS) is 9.56. The highest BCUT2D eigenvalue weighted by atomic mass is 16.7. The molecule has 0 saturated heterocycles. The molecule has 1 aromatic rings. The molecule has 1 aromatic carbocycles. The number of esters is 1. The predicted molar refractivity (Wildman–Crippen MR) is 52.9 cm³/mol. The molecule has 0 atom stereocenters. The molecule has 0 unspecified atom stereocenters. The van der Waals surface area contributed by atoms with E-state index >= 15 is 0 Å². The van der Waals surface area contributed by atoms with Gasteiger partial charge in [-0.2, -0.15) is 0 Å². The maximum Gasteiger partial charge on any atom is 0.516 e. The van der Waals surface area contributed by atoms with Gasteiger partial charge in [0.05, 0.1) is 0 Å². The second-order valence-electron chi connectivity index (χ2n) is 2.81. The van der Waals surface area contributed by atoms with Crippen LogP contribution in [0.3, 0.4) is 0 Å². The van der Waals surface area contributed by atoms with Crippen molar-refractivity contribution in [2.75, 3.05) is 6.61 Å². The van der Waals surface area contributed by atoms with E-state index in [-0.39, 0.29) is 6.61 Å². The summed E-state index contributed by atoms with van der Waals surface area (Å²) >= 11 is 0. The van der Waals surface area contributed by atoms with Crippen molar-refractivity contribution in [3.05, 3.63) is 35.9 Å². The van der Waals surface area contributed by atoms with Gasteiger partial charge in [-0.25, -0.2) is 15.5 Å². The Morgan fingerprint density at radius 2 is 1.88 bits per heavy atom. The fourth-order valence-electron chi connectivity index (χ4n) is 0.936. The third kappa shape index (κ3) is 4.54. The van der Waals surface area contributed by atoms with Gasteiger partial charge in [0.15, 0.2) is 6.61 Å². The monoisotopic (exact) mass is 225 g/mol. The third-order valence-corrected chi connectivity index (χ3v) is 1.60. The van der Waals surface area contributed by atoms with E-state index in [9.17, 15) is 9.59 Å². The molecular weight excluding hydrogens is 214 g/mol. The van der Waals surface area contributed by atoms with Crippen molar-refractivity contribution >= 4 is 12.1 Å². The standard InChI is InChI=1S/C10H11NO5/c11-15-7-9(12)16-10(13)14-6-8-4-2-1-3-5-8/h1-5H,6-7,11H2. The van der Waals surface area contributed by atoms with Crippen LogP contribution in [0.5, 0.6) is 0 Å². The zero-order valence-corrected chi connectivity index (χ0v) is 8.42. The topological polar surface area (TPSA) is 87.9 Å². The lowest BCUT2D eigenvalue weighted by atomic mass is 10.2. The summed E-state index contributed by atoms with van der Waals surface area (Å²) in [4.78, 5) is 25.7. The second-order valence-corrected chi connectivity index (χ2v) is 2.81. The number of nitrogens with two attached hydrogens (primary N) is 1. The van der Waals surface area contributed by atoms with Crippen molar-refractivity contribution < 1.29 is 23.9 Å². The first-order valence-corrected chi connectivity index (χ1v) is 4.45. The number of carbonyl (C=O) groups excluding carboxylic acids is 2. The van der Waals surface area contributed by atoms with Crippen LogP contribution in [0, 0.1) is 0 Å². The first-order chi connectivity index (χ1) is 7.72. The number of ether oxygens (including phenoxy) is 2. The van der Waals surface area contributed by atoms with E-state index in [1.807, 2.05) is 6.07 Å². The Labute approximate surface area is 91.8 Å². The van der Waals surface area contributed by atoms with E-state index in [4.69, 9.17) is 0 Å². The molecular formula is C10H11NO5. The second kappa shape index (κ2) is 6.54. The minimum Gasteiger partial charge on any atom is -0.429 e. The first kappa shape index (κ1) is 12.2. The van der Waals surface area contributed by atoms with Crippen LogP contribution >= 0.6 is 0 Å². The molecule has 0 amide bonds. The summed E-state index contributed by atoms with van der Waals surface area (Å²) in [6, 6.07) is 9.00. The van der Waals surface area contributed by atoms with Gasteiger partial charge in [-0.3, -0.25) is 4.84 Å². The summed E-state index contributed by atoms with van der Waals surface area (Å²) in [5, 5.41) is 0. The average Bonchev–Trinajstić information content (AvgIpc) is 2.28. The maximum absolute atomic E-state index is 10.9. The third-order valence-electron chi connectivity index (χ3n) is 1.60. The van der Waals surface area contributed by atoms with Crippen LogP contribution in [0.2, 0.25) is 0 Å². The lowest BCUT2D eigenvalue weighted by Crippen LogP contribution is -2.20. The highest BCUT2D eigenvalue weighted by molar-refractivity contribution is 5.82. The van der Waals surface area contributed by atoms with Crippen LogP contribution in [-0.2, 0) is 25.7 Å². The SMILES string of the molecule is NOCC(=O)OC(=O)OCc1ccccc1. The largest absolute Gasteiger partial charge is 0.516 e. The van der Waals surface area contributed by atoms with E-state index in [1.54, 1.807) is 24.3 Å². The molecule has 1 rings (SSSR count). The van der Waals surface area contributed by atoms with Gasteiger partial charge in [0.25, 0.3) is 0 Å². The number of benzene rings is 1. The lowest BCUT2D eigenvalue weighted by Gasteiger charge is -2.04. The van der Waals surface area contributed by atoms with Gasteiger partial charge >= 0.3 is 12.1 Å². The molecule has 6 nitrogen and oxygen atoms in total. The summed E-state index contributed by atoms with van der Waals surface area (Å²) in [6.45, 7) is -0.461. The van der Waals surface area contributed by atoms with Crippen LogP contribution in [0.25, 0.3) is 0 Å². The van der Waals surface area contributed by atoms with Crippen molar-refractivity contribution in [1.82, 2.24) is 0 Å². The molecule has 0 aliphatic heterocycles. The highest BCUT2D eigenvalue weighted by Crippen LogP contribution is 2.01. The van der Waals surface area contributed by atoms with E-state index in [0.29, 0.717) is 0 Å². The molecule has 0 bridgehead atoms. The molecule has 0 spiro atoms. The number of hydrogen-bond acceptors (Lipinski definition) is 6. The minimum absolute atomic E-state index is 0.0381. The van der Waals surface area contributed by atoms with E-state index in [1.165, 1.54) is 0 Å². The fraction of sp³-hybridized carbons (Fsp3) is 0.200. The highest BCUT2D eigenvalue weighted by Gasteiger charge is 2.11. The van der Waals surface area contributed by atoms with Gasteiger partial charge in [-0.1, -0.05) is 30.3 Å². The van der Waals surface area contributed by atoms with Gasteiger partial charge in [0.1, 0.15) is 6.61 Å². The maximum atomic E-state index is 10.9. The van der Waals surface area contributed by atoms with Crippen molar-refractivity contribution in [2.24, 2.45) is 5.90 Å². The summed E-state index contributed by atoms with van der Waals surface area (Å²) in [6.07, 6.45) is -1.08. The Morgan fingerprint density at radius 1 is 1.19 bits per heavy atom. The van der Waals surface area contributed by atoms with Crippen LogP contribution < -0.4 is 5.90 Å². The molecule has 86 valence electrons. The van der Waals surface area contributed by atoms with Gasteiger partial charge in [-0.15, -0.1) is 0 Å². The zero-order valence-electron chi connectivity index (χ0n) is 8.42. The van der Waals surface area contributed by atoms with E-state index in [0.717, 1.165) is 5.56 Å². The average molecular weight is 225 g/mol.